The molecule has 0 atom stereocenters. The number of carbonyl (C=O) groups excluding carboxylic acids is 1. The third-order valence-electron chi connectivity index (χ3n) is 4.80. The maximum absolute atomic E-state index is 12.4. The van der Waals surface area contributed by atoms with Crippen molar-refractivity contribution in [1.82, 2.24) is 14.9 Å². The van der Waals surface area contributed by atoms with Crippen LogP contribution in [0.2, 0.25) is 0 Å². The molecule has 1 aromatic rings. The van der Waals surface area contributed by atoms with Crippen molar-refractivity contribution in [2.24, 2.45) is 10.9 Å². The molecule has 1 saturated heterocycles. The predicted octanol–water partition coefficient (Wildman–Crippen LogP) is 1.19. The summed E-state index contributed by atoms with van der Waals surface area (Å²) < 4.78 is 36.9. The Bertz CT molecular complexity index is 811. The normalized spacial score (nSPS) is 15.4. The summed E-state index contributed by atoms with van der Waals surface area (Å²) >= 11 is 0. The highest BCUT2D eigenvalue weighted by Gasteiger charge is 2.27. The summed E-state index contributed by atoms with van der Waals surface area (Å²) in [4.78, 5) is 18.3. The number of aliphatic imine (C=N–C) groups is 1. The lowest BCUT2D eigenvalue weighted by molar-refractivity contribution is -0.146. The lowest BCUT2D eigenvalue weighted by Gasteiger charge is -2.33. The zero-order valence-electron chi connectivity index (χ0n) is 17.6. The average molecular weight is 554 g/mol. The molecular weight excluding hydrogens is 523 g/mol. The van der Waals surface area contributed by atoms with Crippen molar-refractivity contribution in [1.29, 1.82) is 0 Å². The van der Waals surface area contributed by atoms with Gasteiger partial charge in [-0.05, 0) is 30.5 Å². The minimum absolute atomic E-state index is 0. The molecule has 11 heteroatoms. The Hall–Kier alpha value is -1.44. The van der Waals surface area contributed by atoms with Crippen molar-refractivity contribution in [3.63, 3.8) is 0 Å². The van der Waals surface area contributed by atoms with Gasteiger partial charge in [-0.15, -0.1) is 24.0 Å². The van der Waals surface area contributed by atoms with Crippen molar-refractivity contribution >= 4 is 45.9 Å². The molecule has 2 N–H and O–H groups in total. The molecule has 1 aromatic carbocycles. The van der Waals surface area contributed by atoms with Crippen molar-refractivity contribution in [2.75, 3.05) is 47.5 Å². The number of hydrogen-bond acceptors (Lipinski definition) is 6. The molecule has 170 valence electrons. The zero-order chi connectivity index (χ0) is 21.3. The Morgan fingerprint density at radius 1 is 1.27 bits per heavy atom. The summed E-state index contributed by atoms with van der Waals surface area (Å²) in [5.74, 6) is 0.492. The van der Waals surface area contributed by atoms with E-state index in [1.807, 2.05) is 6.07 Å². The highest BCUT2D eigenvalue weighted by atomic mass is 127. The molecule has 0 spiro atoms. The SMILES string of the molecule is CN=C(NCc1cccc(S(=O)(=O)NCCOC)c1)N1CCC(C(=O)OC)CC1.I. The van der Waals surface area contributed by atoms with Gasteiger partial charge in [-0.2, -0.15) is 0 Å². The molecule has 1 fully saturated rings. The van der Waals surface area contributed by atoms with E-state index in [4.69, 9.17) is 9.47 Å². The van der Waals surface area contributed by atoms with Gasteiger partial charge < -0.3 is 19.7 Å². The van der Waals surface area contributed by atoms with Gasteiger partial charge in [0.15, 0.2) is 5.96 Å². The summed E-state index contributed by atoms with van der Waals surface area (Å²) in [6.07, 6.45) is 1.43. The first-order valence-corrected chi connectivity index (χ1v) is 11.0. The molecular formula is C19H31IN4O5S. The Morgan fingerprint density at radius 2 is 1.97 bits per heavy atom. The minimum atomic E-state index is -3.58. The van der Waals surface area contributed by atoms with Crippen LogP contribution in [0.25, 0.3) is 0 Å². The smallest absolute Gasteiger partial charge is 0.308 e. The number of carbonyl (C=O) groups is 1. The van der Waals surface area contributed by atoms with Crippen LogP contribution in [0.1, 0.15) is 18.4 Å². The molecule has 1 aliphatic rings. The minimum Gasteiger partial charge on any atom is -0.469 e. The maximum Gasteiger partial charge on any atom is 0.308 e. The highest BCUT2D eigenvalue weighted by Crippen LogP contribution is 2.18. The van der Waals surface area contributed by atoms with E-state index in [1.165, 1.54) is 14.2 Å². The predicted molar refractivity (Wildman–Crippen MR) is 125 cm³/mol. The van der Waals surface area contributed by atoms with Crippen LogP contribution in [-0.2, 0) is 30.8 Å². The summed E-state index contributed by atoms with van der Waals surface area (Å²) in [7, 11) is 1.06. The maximum atomic E-state index is 12.4. The van der Waals surface area contributed by atoms with Gasteiger partial charge in [0, 0.05) is 40.3 Å². The topological polar surface area (TPSA) is 109 Å². The van der Waals surface area contributed by atoms with Gasteiger partial charge in [-0.25, -0.2) is 13.1 Å². The van der Waals surface area contributed by atoms with Crippen molar-refractivity contribution in [3.8, 4) is 0 Å². The molecule has 0 amide bonds. The number of piperidine rings is 1. The number of sulfonamides is 1. The van der Waals surface area contributed by atoms with E-state index in [0.29, 0.717) is 39.1 Å². The Morgan fingerprint density at radius 3 is 2.57 bits per heavy atom. The van der Waals surface area contributed by atoms with Crippen LogP contribution in [0.4, 0.5) is 0 Å². The lowest BCUT2D eigenvalue weighted by Crippen LogP contribution is -2.46. The van der Waals surface area contributed by atoms with E-state index in [-0.39, 0.29) is 47.3 Å². The van der Waals surface area contributed by atoms with E-state index in [0.717, 1.165) is 11.5 Å². The van der Waals surface area contributed by atoms with Gasteiger partial charge in [-0.1, -0.05) is 12.1 Å². The third kappa shape index (κ3) is 7.67. The van der Waals surface area contributed by atoms with Crippen LogP contribution in [0.3, 0.4) is 0 Å². The highest BCUT2D eigenvalue weighted by molar-refractivity contribution is 14.0. The van der Waals surface area contributed by atoms with Gasteiger partial charge in [0.05, 0.1) is 24.5 Å². The van der Waals surface area contributed by atoms with E-state index < -0.39 is 10.0 Å². The van der Waals surface area contributed by atoms with Crippen LogP contribution >= 0.6 is 24.0 Å². The third-order valence-corrected chi connectivity index (χ3v) is 6.26. The summed E-state index contributed by atoms with van der Waals surface area (Å²) in [6, 6.07) is 6.77. The molecule has 0 saturated carbocycles. The fourth-order valence-electron chi connectivity index (χ4n) is 3.19. The lowest BCUT2D eigenvalue weighted by atomic mass is 9.97. The number of ether oxygens (including phenoxy) is 2. The molecule has 0 bridgehead atoms. The van der Waals surface area contributed by atoms with E-state index in [9.17, 15) is 13.2 Å². The van der Waals surface area contributed by atoms with Gasteiger partial charge in [0.1, 0.15) is 0 Å². The molecule has 0 aromatic heterocycles. The summed E-state index contributed by atoms with van der Waals surface area (Å²) in [5, 5.41) is 3.27. The van der Waals surface area contributed by atoms with Crippen LogP contribution < -0.4 is 10.0 Å². The Balaban J connectivity index is 0.00000450. The van der Waals surface area contributed by atoms with Crippen LogP contribution in [0.15, 0.2) is 34.2 Å². The van der Waals surface area contributed by atoms with Crippen LogP contribution in [0, 0.1) is 5.92 Å². The van der Waals surface area contributed by atoms with Crippen molar-refractivity contribution in [3.05, 3.63) is 29.8 Å². The Kier molecular flexibility index (Phi) is 11.6. The zero-order valence-corrected chi connectivity index (χ0v) is 20.7. The van der Waals surface area contributed by atoms with Crippen LogP contribution in [-0.4, -0.2) is 72.8 Å². The van der Waals surface area contributed by atoms with Gasteiger partial charge in [-0.3, -0.25) is 9.79 Å². The van der Waals surface area contributed by atoms with Crippen LogP contribution in [0.5, 0.6) is 0 Å². The first-order chi connectivity index (χ1) is 13.9. The number of benzene rings is 1. The van der Waals surface area contributed by atoms with Gasteiger partial charge in [0.25, 0.3) is 0 Å². The van der Waals surface area contributed by atoms with Gasteiger partial charge >= 0.3 is 5.97 Å². The Labute approximate surface area is 195 Å². The number of likely N-dealkylation sites (tertiary alicyclic amines) is 1. The van der Waals surface area contributed by atoms with Crippen molar-refractivity contribution < 1.29 is 22.7 Å². The number of rotatable bonds is 8. The largest absolute Gasteiger partial charge is 0.469 e. The second-order valence-electron chi connectivity index (χ2n) is 6.72. The number of guanidine groups is 1. The number of methoxy groups -OCH3 is 2. The number of esters is 1. The second-order valence-corrected chi connectivity index (χ2v) is 8.49. The fraction of sp³-hybridized carbons (Fsp3) is 0.579. The number of nitrogens with zero attached hydrogens (tertiary/aromatic N) is 2. The molecule has 0 unspecified atom stereocenters. The number of nitrogens with one attached hydrogen (secondary N) is 2. The molecule has 30 heavy (non-hydrogen) atoms. The first kappa shape index (κ1) is 26.6. The number of hydrogen-bond donors (Lipinski definition) is 2. The standard InChI is InChI=1S/C19H30N4O5S.HI/c1-20-19(23-10-7-16(8-11-23)18(24)28-3)21-14-15-5-4-6-17(13-15)29(25,26)22-9-12-27-2;/h4-6,13,16,22H,7-12,14H2,1-3H3,(H,20,21);1H. The molecule has 1 heterocycles. The van der Waals surface area contributed by atoms with E-state index >= 15 is 0 Å². The quantitative estimate of drug-likeness (QED) is 0.163. The molecule has 9 nitrogen and oxygen atoms in total. The molecule has 0 radical (unpaired) electrons. The summed E-state index contributed by atoms with van der Waals surface area (Å²) in [5.41, 5.74) is 0.824. The summed E-state index contributed by atoms with van der Waals surface area (Å²) in [6.45, 7) is 2.37. The van der Waals surface area contributed by atoms with Crippen molar-refractivity contribution in [2.45, 2.75) is 24.3 Å². The molecule has 1 aliphatic heterocycles. The fourth-order valence-corrected chi connectivity index (χ4v) is 4.27. The second kappa shape index (κ2) is 13.1. The molecule has 0 aliphatic carbocycles. The number of halogens is 1. The monoisotopic (exact) mass is 554 g/mol. The average Bonchev–Trinajstić information content (AvgIpc) is 2.74. The van der Waals surface area contributed by atoms with Gasteiger partial charge in [0.2, 0.25) is 10.0 Å². The molecule has 2 rings (SSSR count). The first-order valence-electron chi connectivity index (χ1n) is 9.52. The van der Waals surface area contributed by atoms with E-state index in [1.54, 1.807) is 25.2 Å². The van der Waals surface area contributed by atoms with E-state index in [2.05, 4.69) is 19.9 Å².